The number of nitrogens with zero attached hydrogens (tertiary/aromatic N) is 2. The molecule has 0 amide bonds. The molecule has 4 aliphatic rings. The van der Waals surface area contributed by atoms with E-state index in [0.717, 1.165) is 69.5 Å². The van der Waals surface area contributed by atoms with Gasteiger partial charge in [0.15, 0.2) is 5.58 Å². The second-order valence-corrected chi connectivity index (χ2v) is 22.8. The largest absolute Gasteiger partial charge is 0.466 e. The van der Waals surface area contributed by atoms with E-state index < -0.39 is 0 Å². The van der Waals surface area contributed by atoms with E-state index in [2.05, 4.69) is 194 Å². The molecule has 0 bridgehead atoms. The number of anilines is 5. The maximum Gasteiger partial charge on any atom is 0.376 e. The Morgan fingerprint density at radius 2 is 1.09 bits per heavy atom. The molecule has 13 rings (SSSR count). The van der Waals surface area contributed by atoms with E-state index in [1.807, 2.05) is 0 Å². The predicted molar refractivity (Wildman–Crippen MR) is 275 cm³/mol. The minimum absolute atomic E-state index is 0.0233. The molecule has 4 heterocycles. The van der Waals surface area contributed by atoms with Gasteiger partial charge in [0.05, 0.1) is 11.4 Å². The Kier molecular flexibility index (Phi) is 7.71. The smallest absolute Gasteiger partial charge is 0.376 e. The number of benzene rings is 7. The summed E-state index contributed by atoms with van der Waals surface area (Å²) in [5, 5.41) is 5.86. The van der Waals surface area contributed by atoms with Gasteiger partial charge in [-0.3, -0.25) is 0 Å². The zero-order valence-electron chi connectivity index (χ0n) is 39.6. The van der Waals surface area contributed by atoms with Crippen LogP contribution in [0.5, 0.6) is 0 Å². The Bertz CT molecular complexity index is 3560. The second kappa shape index (κ2) is 12.8. The van der Waals surface area contributed by atoms with Crippen LogP contribution in [0, 0.1) is 13.8 Å². The van der Waals surface area contributed by atoms with Crippen molar-refractivity contribution in [1.82, 2.24) is 0 Å². The molecule has 0 fully saturated rings. The Morgan fingerprint density at radius 1 is 0.477 bits per heavy atom. The summed E-state index contributed by atoms with van der Waals surface area (Å²) in [5.41, 5.74) is 21.7. The van der Waals surface area contributed by atoms with Crippen LogP contribution in [0.15, 0.2) is 124 Å². The number of aryl methyl sites for hydroxylation is 2. The molecule has 7 aromatic carbocycles. The van der Waals surface area contributed by atoms with Crippen molar-refractivity contribution in [3.05, 3.63) is 149 Å². The normalized spacial score (nSPS) is 18.5. The maximum atomic E-state index is 7.69. The zero-order valence-corrected chi connectivity index (χ0v) is 39.6. The average Bonchev–Trinajstić information content (AvgIpc) is 3.85. The molecule has 2 aromatic heterocycles. The monoisotopic (exact) mass is 848 g/mol. The van der Waals surface area contributed by atoms with Gasteiger partial charge in [-0.15, -0.1) is 0 Å². The van der Waals surface area contributed by atoms with E-state index in [0.29, 0.717) is 0 Å². The first-order valence-electron chi connectivity index (χ1n) is 24.0. The molecular weight excluding hydrogens is 791 g/mol. The van der Waals surface area contributed by atoms with Gasteiger partial charge in [-0.25, -0.2) is 0 Å². The summed E-state index contributed by atoms with van der Waals surface area (Å²) in [6.07, 6.45) is 4.62. The van der Waals surface area contributed by atoms with Gasteiger partial charge in [0.25, 0.3) is 0 Å². The summed E-state index contributed by atoms with van der Waals surface area (Å²) in [5.74, 6) is 0. The molecule has 4 nitrogen and oxygen atoms in total. The molecule has 0 atom stereocenters. The minimum atomic E-state index is -0.293. The highest BCUT2D eigenvalue weighted by molar-refractivity contribution is 6.93. The summed E-state index contributed by atoms with van der Waals surface area (Å²) < 4.78 is 14.6. The SMILES string of the molecule is Cc1cc2c3c(c1)N(c1cc4c(cc1C)C(C)(C)CCC4(C)C)c1c(oc4cc5c(cc14)C(C)(C)CCC5(C)C)B3N(c1cccc3c1oc1ccccc13)c1cc3ccccc3cc1-2. The van der Waals surface area contributed by atoms with Crippen LogP contribution in [0.1, 0.15) is 114 Å². The van der Waals surface area contributed by atoms with E-state index in [-0.39, 0.29) is 28.5 Å². The molecule has 2 aliphatic heterocycles. The minimum Gasteiger partial charge on any atom is -0.466 e. The lowest BCUT2D eigenvalue weighted by Gasteiger charge is -2.46. The van der Waals surface area contributed by atoms with Crippen molar-refractivity contribution in [3.63, 3.8) is 0 Å². The lowest BCUT2D eigenvalue weighted by molar-refractivity contribution is 0.332. The van der Waals surface area contributed by atoms with Gasteiger partial charge in [0, 0.05) is 38.8 Å². The van der Waals surface area contributed by atoms with Gasteiger partial charge in [-0.2, -0.15) is 0 Å². The van der Waals surface area contributed by atoms with Gasteiger partial charge in [0.1, 0.15) is 16.8 Å². The van der Waals surface area contributed by atoms with E-state index in [4.69, 9.17) is 8.83 Å². The van der Waals surface area contributed by atoms with Crippen molar-refractivity contribution in [1.29, 1.82) is 0 Å². The van der Waals surface area contributed by atoms with E-state index >= 15 is 0 Å². The summed E-state index contributed by atoms with van der Waals surface area (Å²) in [4.78, 5) is 5.21. The Balaban J connectivity index is 1.20. The molecule has 0 unspecified atom stereocenters. The highest BCUT2D eigenvalue weighted by Gasteiger charge is 2.50. The summed E-state index contributed by atoms with van der Waals surface area (Å²) in [6.45, 7) is 23.8. The van der Waals surface area contributed by atoms with Crippen LogP contribution in [0.25, 0.3) is 54.8 Å². The first-order valence-corrected chi connectivity index (χ1v) is 24.0. The van der Waals surface area contributed by atoms with Crippen molar-refractivity contribution in [2.45, 2.75) is 117 Å². The third-order valence-electron chi connectivity index (χ3n) is 16.7. The lowest BCUT2D eigenvalue weighted by atomic mass is 9.45. The fourth-order valence-electron chi connectivity index (χ4n) is 12.7. The number of rotatable bonds is 2. The molecule has 0 radical (unpaired) electrons. The van der Waals surface area contributed by atoms with E-state index in [1.165, 1.54) is 83.9 Å². The quantitative estimate of drug-likeness (QED) is 0.162. The van der Waals surface area contributed by atoms with Crippen molar-refractivity contribution in [3.8, 4) is 11.1 Å². The highest BCUT2D eigenvalue weighted by Crippen LogP contribution is 2.55. The molecule has 2 aliphatic carbocycles. The summed E-state index contributed by atoms with van der Waals surface area (Å²) in [7, 11) is 0. The number of fused-ring (bicyclic) bond motifs is 12. The van der Waals surface area contributed by atoms with Crippen LogP contribution in [0.4, 0.5) is 28.4 Å². The van der Waals surface area contributed by atoms with Crippen molar-refractivity contribution < 1.29 is 8.83 Å². The fraction of sp³-hybridized carbons (Fsp3) is 0.300. The second-order valence-electron chi connectivity index (χ2n) is 22.8. The third kappa shape index (κ3) is 5.33. The first kappa shape index (κ1) is 39.2. The molecule has 65 heavy (non-hydrogen) atoms. The summed E-state index contributed by atoms with van der Waals surface area (Å²) >= 11 is 0. The molecule has 0 saturated carbocycles. The van der Waals surface area contributed by atoms with Gasteiger partial charge >= 0.3 is 6.85 Å². The number of hydrogen-bond donors (Lipinski definition) is 0. The van der Waals surface area contributed by atoms with Crippen LogP contribution in [-0.2, 0) is 21.7 Å². The van der Waals surface area contributed by atoms with Gasteiger partial charge in [0.2, 0.25) is 0 Å². The Labute approximate surface area is 383 Å². The highest BCUT2D eigenvalue weighted by atomic mass is 16.3. The Morgan fingerprint density at radius 3 is 1.82 bits per heavy atom. The first-order chi connectivity index (χ1) is 31.0. The number of para-hydroxylation sites is 2. The Hall–Kier alpha value is -6.20. The number of furan rings is 2. The van der Waals surface area contributed by atoms with Crippen molar-refractivity contribution in [2.75, 3.05) is 9.71 Å². The van der Waals surface area contributed by atoms with E-state index in [1.54, 1.807) is 0 Å². The topological polar surface area (TPSA) is 32.8 Å². The lowest BCUT2D eigenvalue weighted by Crippen LogP contribution is -2.61. The summed E-state index contributed by atoms with van der Waals surface area (Å²) in [6, 6.07) is 43.8. The molecule has 5 heteroatoms. The molecule has 9 aromatic rings. The molecule has 0 spiro atoms. The third-order valence-corrected chi connectivity index (χ3v) is 16.7. The zero-order chi connectivity index (χ0) is 44.7. The van der Waals surface area contributed by atoms with E-state index in [9.17, 15) is 0 Å². The van der Waals surface area contributed by atoms with Crippen molar-refractivity contribution in [2.24, 2.45) is 0 Å². The predicted octanol–water partition coefficient (Wildman–Crippen LogP) is 15.5. The molecular formula is C60H57BN2O2. The molecule has 0 N–H and O–H groups in total. The molecule has 0 saturated heterocycles. The van der Waals surface area contributed by atoms with Crippen LogP contribution in [0.3, 0.4) is 0 Å². The van der Waals surface area contributed by atoms with Gasteiger partial charge in [-0.05, 0) is 165 Å². The van der Waals surface area contributed by atoms with Crippen LogP contribution in [-0.4, -0.2) is 6.85 Å². The van der Waals surface area contributed by atoms with Crippen LogP contribution in [0.2, 0.25) is 0 Å². The fourth-order valence-corrected chi connectivity index (χ4v) is 12.7. The standard InChI is InChI=1S/C60H57BN2O2/c1-34-26-41-40-29-36-16-11-12-17-37(36)30-49(40)63(47-20-15-19-39-38-18-13-14-21-51(38)64-55(39)47)61-53(41)50(27-34)62(48-32-45-43(28-35(48)2)57(3,4)22-24-59(45,7)8)54-42-31-44-46(33-52(42)65-56(54)61)60(9,10)25-23-58(44,5)6/h11-21,26-33H,22-25H2,1-10H3. The van der Waals surface area contributed by atoms with Gasteiger partial charge in [-0.1, -0.05) is 122 Å². The van der Waals surface area contributed by atoms with Crippen molar-refractivity contribution >= 4 is 90.1 Å². The van der Waals surface area contributed by atoms with Gasteiger partial charge < -0.3 is 18.5 Å². The average molecular weight is 849 g/mol. The van der Waals surface area contributed by atoms with Crippen LogP contribution < -0.4 is 20.8 Å². The van der Waals surface area contributed by atoms with Crippen LogP contribution >= 0.6 is 0 Å². The molecule has 322 valence electrons. The number of hydrogen-bond acceptors (Lipinski definition) is 4. The maximum absolute atomic E-state index is 7.69.